The van der Waals surface area contributed by atoms with Crippen molar-refractivity contribution in [1.29, 1.82) is 0 Å². The first-order chi connectivity index (χ1) is 8.99. The molecule has 1 atom stereocenters. The van der Waals surface area contributed by atoms with E-state index in [1.807, 2.05) is 32.5 Å². The fraction of sp³-hybridized carbons (Fsp3) is 0.714. The summed E-state index contributed by atoms with van der Waals surface area (Å²) >= 11 is 0. The first kappa shape index (κ1) is 14.1. The Labute approximate surface area is 115 Å². The summed E-state index contributed by atoms with van der Waals surface area (Å²) in [5.41, 5.74) is 3.25. The van der Waals surface area contributed by atoms with Gasteiger partial charge in [0, 0.05) is 18.3 Å². The molecule has 0 bridgehead atoms. The highest BCUT2D eigenvalue weighted by Gasteiger charge is 2.20. The zero-order valence-corrected chi connectivity index (χ0v) is 12.4. The molecule has 0 aliphatic carbocycles. The van der Waals surface area contributed by atoms with Crippen molar-refractivity contribution in [2.75, 3.05) is 19.6 Å². The molecule has 1 aliphatic rings. The smallest absolute Gasteiger partial charge is 0.234 e. The van der Waals surface area contributed by atoms with Crippen molar-refractivity contribution in [2.45, 2.75) is 39.7 Å². The number of hydrogen-bond acceptors (Lipinski definition) is 3. The number of amides is 1. The van der Waals surface area contributed by atoms with Gasteiger partial charge >= 0.3 is 0 Å². The van der Waals surface area contributed by atoms with Crippen LogP contribution in [0.25, 0.3) is 0 Å². The van der Waals surface area contributed by atoms with Gasteiger partial charge in [-0.05, 0) is 46.7 Å². The Morgan fingerprint density at radius 3 is 2.53 bits per heavy atom. The molecule has 0 radical (unpaired) electrons. The molecule has 5 heteroatoms. The van der Waals surface area contributed by atoms with E-state index in [1.165, 1.54) is 12.8 Å². The first-order valence-corrected chi connectivity index (χ1v) is 7.01. The predicted octanol–water partition coefficient (Wildman–Crippen LogP) is 1.31. The topological polar surface area (TPSA) is 50.2 Å². The molecule has 0 aromatic carbocycles. The zero-order chi connectivity index (χ0) is 14.0. The van der Waals surface area contributed by atoms with Crippen molar-refractivity contribution >= 4 is 5.91 Å². The second-order valence-corrected chi connectivity index (χ2v) is 5.48. The molecule has 5 nitrogen and oxygen atoms in total. The van der Waals surface area contributed by atoms with E-state index in [-0.39, 0.29) is 11.9 Å². The maximum Gasteiger partial charge on any atom is 0.234 e. The Morgan fingerprint density at radius 2 is 2.00 bits per heavy atom. The van der Waals surface area contributed by atoms with Crippen LogP contribution < -0.4 is 5.32 Å². The molecule has 2 rings (SSSR count). The molecule has 19 heavy (non-hydrogen) atoms. The van der Waals surface area contributed by atoms with E-state index >= 15 is 0 Å². The van der Waals surface area contributed by atoms with Gasteiger partial charge in [0.25, 0.3) is 0 Å². The van der Waals surface area contributed by atoms with E-state index < -0.39 is 0 Å². The van der Waals surface area contributed by atoms with Gasteiger partial charge in [-0.3, -0.25) is 14.4 Å². The van der Waals surface area contributed by atoms with Crippen molar-refractivity contribution < 1.29 is 4.79 Å². The van der Waals surface area contributed by atoms with Crippen LogP contribution in [0.1, 0.15) is 42.8 Å². The van der Waals surface area contributed by atoms with Gasteiger partial charge < -0.3 is 5.32 Å². The Bertz CT molecular complexity index is 460. The monoisotopic (exact) mass is 264 g/mol. The van der Waals surface area contributed by atoms with Gasteiger partial charge in [-0.15, -0.1) is 0 Å². The van der Waals surface area contributed by atoms with E-state index in [0.717, 1.165) is 30.0 Å². The van der Waals surface area contributed by atoms with Crippen LogP contribution in [0.4, 0.5) is 0 Å². The Morgan fingerprint density at radius 1 is 1.37 bits per heavy atom. The minimum Gasteiger partial charge on any atom is -0.348 e. The number of nitrogens with zero attached hydrogens (tertiary/aromatic N) is 3. The van der Waals surface area contributed by atoms with Gasteiger partial charge in [0.05, 0.1) is 18.3 Å². The summed E-state index contributed by atoms with van der Waals surface area (Å²) in [6.07, 6.45) is 2.42. The average molecular weight is 264 g/mol. The van der Waals surface area contributed by atoms with Crippen LogP contribution in [0.5, 0.6) is 0 Å². The molecular formula is C14H24N4O. The molecule has 0 saturated carbocycles. The highest BCUT2D eigenvalue weighted by atomic mass is 16.2. The fourth-order valence-electron chi connectivity index (χ4n) is 2.92. The van der Waals surface area contributed by atoms with Gasteiger partial charge in [-0.2, -0.15) is 5.10 Å². The summed E-state index contributed by atoms with van der Waals surface area (Å²) in [5, 5.41) is 7.48. The lowest BCUT2D eigenvalue weighted by Gasteiger charge is -2.18. The van der Waals surface area contributed by atoms with Gasteiger partial charge in [-0.25, -0.2) is 0 Å². The first-order valence-electron chi connectivity index (χ1n) is 7.01. The molecule has 2 heterocycles. The largest absolute Gasteiger partial charge is 0.348 e. The maximum atomic E-state index is 12.0. The number of aryl methyl sites for hydroxylation is 2. The maximum absolute atomic E-state index is 12.0. The summed E-state index contributed by atoms with van der Waals surface area (Å²) in [6.45, 7) is 8.67. The molecule has 1 aromatic rings. The normalized spacial score (nSPS) is 17.7. The lowest BCUT2D eigenvalue weighted by atomic mass is 10.1. The summed E-state index contributed by atoms with van der Waals surface area (Å²) in [5.74, 6) is 0.108. The third kappa shape index (κ3) is 3.15. The molecule has 0 unspecified atom stereocenters. The van der Waals surface area contributed by atoms with Gasteiger partial charge in [0.1, 0.15) is 0 Å². The molecular weight excluding hydrogens is 240 g/mol. The standard InChI is InChI=1S/C14H24N4O/c1-10(14-11(2)16-17(4)12(14)3)15-13(19)9-18-7-5-6-8-18/h10H,5-9H2,1-4H3,(H,15,19)/t10-/m1/s1. The minimum absolute atomic E-state index is 0.0174. The molecule has 1 aromatic heterocycles. The van der Waals surface area contributed by atoms with Crippen molar-refractivity contribution in [3.8, 4) is 0 Å². The lowest BCUT2D eigenvalue weighted by Crippen LogP contribution is -2.37. The van der Waals surface area contributed by atoms with Crippen LogP contribution in [0.15, 0.2) is 0 Å². The van der Waals surface area contributed by atoms with Gasteiger partial charge in [0.2, 0.25) is 5.91 Å². The van der Waals surface area contributed by atoms with Crippen LogP contribution in [0.3, 0.4) is 0 Å². The highest BCUT2D eigenvalue weighted by molar-refractivity contribution is 5.78. The highest BCUT2D eigenvalue weighted by Crippen LogP contribution is 2.20. The number of carbonyl (C=O) groups excluding carboxylic acids is 1. The molecule has 106 valence electrons. The summed E-state index contributed by atoms with van der Waals surface area (Å²) < 4.78 is 1.87. The van der Waals surface area contributed by atoms with E-state index in [1.54, 1.807) is 0 Å². The molecule has 1 amide bonds. The van der Waals surface area contributed by atoms with Crippen LogP contribution >= 0.6 is 0 Å². The van der Waals surface area contributed by atoms with E-state index in [0.29, 0.717) is 6.54 Å². The van der Waals surface area contributed by atoms with Crippen LogP contribution in [-0.4, -0.2) is 40.2 Å². The third-order valence-corrected chi connectivity index (χ3v) is 3.94. The number of hydrogen-bond donors (Lipinski definition) is 1. The SMILES string of the molecule is Cc1nn(C)c(C)c1[C@@H](C)NC(=O)CN1CCCC1. The van der Waals surface area contributed by atoms with E-state index in [9.17, 15) is 4.79 Å². The number of carbonyl (C=O) groups is 1. The minimum atomic E-state index is 0.0174. The second-order valence-electron chi connectivity index (χ2n) is 5.48. The second kappa shape index (κ2) is 5.74. The molecule has 1 saturated heterocycles. The third-order valence-electron chi connectivity index (χ3n) is 3.94. The number of likely N-dealkylation sites (tertiary alicyclic amines) is 1. The molecule has 1 N–H and O–H groups in total. The van der Waals surface area contributed by atoms with E-state index in [4.69, 9.17) is 0 Å². The number of rotatable bonds is 4. The van der Waals surface area contributed by atoms with Crippen LogP contribution in [0, 0.1) is 13.8 Å². The van der Waals surface area contributed by atoms with Crippen molar-refractivity contribution in [1.82, 2.24) is 20.0 Å². The average Bonchev–Trinajstić information content (AvgIpc) is 2.88. The van der Waals surface area contributed by atoms with Crippen molar-refractivity contribution in [2.24, 2.45) is 7.05 Å². The number of aromatic nitrogens is 2. The molecule has 0 spiro atoms. The quantitative estimate of drug-likeness (QED) is 0.892. The summed E-state index contributed by atoms with van der Waals surface area (Å²) in [4.78, 5) is 14.2. The van der Waals surface area contributed by atoms with Gasteiger partial charge in [-0.1, -0.05) is 0 Å². The summed E-state index contributed by atoms with van der Waals surface area (Å²) in [6, 6.07) is 0.0174. The number of nitrogens with one attached hydrogen (secondary N) is 1. The predicted molar refractivity (Wildman–Crippen MR) is 74.9 cm³/mol. The lowest BCUT2D eigenvalue weighted by molar-refractivity contribution is -0.122. The van der Waals surface area contributed by atoms with Crippen molar-refractivity contribution in [3.63, 3.8) is 0 Å². The Balaban J connectivity index is 1.96. The van der Waals surface area contributed by atoms with Gasteiger partial charge in [0.15, 0.2) is 0 Å². The van der Waals surface area contributed by atoms with Crippen LogP contribution in [0.2, 0.25) is 0 Å². The Hall–Kier alpha value is -1.36. The Kier molecular flexibility index (Phi) is 4.24. The molecule has 1 fully saturated rings. The zero-order valence-electron chi connectivity index (χ0n) is 12.4. The fourth-order valence-corrected chi connectivity index (χ4v) is 2.92. The summed E-state index contributed by atoms with van der Waals surface area (Å²) in [7, 11) is 1.94. The van der Waals surface area contributed by atoms with Crippen LogP contribution in [-0.2, 0) is 11.8 Å². The van der Waals surface area contributed by atoms with E-state index in [2.05, 4.69) is 15.3 Å². The molecule has 1 aliphatic heterocycles. The van der Waals surface area contributed by atoms with Crippen molar-refractivity contribution in [3.05, 3.63) is 17.0 Å².